The van der Waals surface area contributed by atoms with Crippen molar-refractivity contribution in [1.82, 2.24) is 0 Å². The predicted octanol–water partition coefficient (Wildman–Crippen LogP) is 8.21. The van der Waals surface area contributed by atoms with Gasteiger partial charge in [0, 0.05) is 10.5 Å². The van der Waals surface area contributed by atoms with Crippen LogP contribution in [0.1, 0.15) is 81.1 Å². The number of ether oxygens (including phenoxy) is 1. The molecular weight excluding hydrogens is 388 g/mol. The average molecular weight is 425 g/mol. The molecule has 0 atom stereocenters. The lowest BCUT2D eigenvalue weighted by molar-refractivity contribution is 0.104. The van der Waals surface area contributed by atoms with Crippen LogP contribution in [-0.2, 0) is 0 Å². The Hall–Kier alpha value is -2.00. The van der Waals surface area contributed by atoms with E-state index in [2.05, 4.69) is 13.8 Å². The van der Waals surface area contributed by atoms with Crippen LogP contribution < -0.4 is 4.74 Å². The minimum Gasteiger partial charge on any atom is -0.494 e. The van der Waals surface area contributed by atoms with Gasteiger partial charge in [0.15, 0.2) is 5.78 Å². The average Bonchev–Trinajstić information content (AvgIpc) is 2.78. The van der Waals surface area contributed by atoms with Crippen molar-refractivity contribution >= 4 is 23.6 Å². The first-order chi connectivity index (χ1) is 14.7. The van der Waals surface area contributed by atoms with Gasteiger partial charge in [-0.05, 0) is 66.6 Å². The zero-order valence-electron chi connectivity index (χ0n) is 18.6. The molecule has 2 nitrogen and oxygen atoms in total. The summed E-state index contributed by atoms with van der Waals surface area (Å²) in [4.78, 5) is 13.7. The molecule has 0 bridgehead atoms. The Morgan fingerprint density at radius 2 is 1.63 bits per heavy atom. The molecule has 0 unspecified atom stereocenters. The maximum Gasteiger partial charge on any atom is 0.185 e. The molecule has 2 aromatic carbocycles. The molecule has 0 saturated heterocycles. The normalized spacial score (nSPS) is 11.1. The molecule has 0 spiro atoms. The minimum atomic E-state index is 0.0245. The number of hydrogen-bond donors (Lipinski definition) is 0. The number of allylic oxidation sites excluding steroid dienone is 1. The van der Waals surface area contributed by atoms with Crippen molar-refractivity contribution in [2.24, 2.45) is 0 Å². The summed E-state index contributed by atoms with van der Waals surface area (Å²) < 4.78 is 5.89. The summed E-state index contributed by atoms with van der Waals surface area (Å²) in [5, 5.41) is 0. The third-order valence-corrected chi connectivity index (χ3v) is 6.13. The molecule has 2 rings (SSSR count). The smallest absolute Gasteiger partial charge is 0.185 e. The van der Waals surface area contributed by atoms with Gasteiger partial charge in [-0.15, -0.1) is 11.8 Å². The SMILES string of the molecule is CCCCCCCCCOc1cccc(C=CC(=O)c2ccc(SCCC)cc2)c1. The predicted molar refractivity (Wildman–Crippen MR) is 131 cm³/mol. The monoisotopic (exact) mass is 424 g/mol. The number of carbonyl (C=O) groups is 1. The molecule has 0 aromatic heterocycles. The Bertz CT molecular complexity index is 765. The second kappa shape index (κ2) is 14.9. The number of benzene rings is 2. The highest BCUT2D eigenvalue weighted by molar-refractivity contribution is 7.99. The Balaban J connectivity index is 1.77. The van der Waals surface area contributed by atoms with Crippen LogP contribution in [0.2, 0.25) is 0 Å². The van der Waals surface area contributed by atoms with Crippen LogP contribution in [-0.4, -0.2) is 18.1 Å². The highest BCUT2D eigenvalue weighted by atomic mass is 32.2. The molecule has 0 saturated carbocycles. The van der Waals surface area contributed by atoms with E-state index < -0.39 is 0 Å². The van der Waals surface area contributed by atoms with Crippen molar-refractivity contribution in [3.63, 3.8) is 0 Å². The van der Waals surface area contributed by atoms with E-state index in [4.69, 9.17) is 4.74 Å². The highest BCUT2D eigenvalue weighted by Crippen LogP contribution is 2.20. The number of thioether (sulfide) groups is 1. The summed E-state index contributed by atoms with van der Waals surface area (Å²) in [5.41, 5.74) is 1.70. The zero-order valence-corrected chi connectivity index (χ0v) is 19.4. The van der Waals surface area contributed by atoms with Crippen LogP contribution in [0, 0.1) is 0 Å². The molecule has 0 heterocycles. The van der Waals surface area contributed by atoms with Crippen LogP contribution in [0.15, 0.2) is 59.5 Å². The van der Waals surface area contributed by atoms with Crippen LogP contribution >= 0.6 is 11.8 Å². The summed E-state index contributed by atoms with van der Waals surface area (Å²) in [6.07, 6.45) is 13.6. The molecule has 3 heteroatoms. The van der Waals surface area contributed by atoms with Crippen LogP contribution in [0.3, 0.4) is 0 Å². The van der Waals surface area contributed by atoms with Gasteiger partial charge in [0.05, 0.1) is 6.61 Å². The van der Waals surface area contributed by atoms with E-state index in [1.54, 1.807) is 6.08 Å². The van der Waals surface area contributed by atoms with Gasteiger partial charge in [0.2, 0.25) is 0 Å². The van der Waals surface area contributed by atoms with E-state index in [0.717, 1.165) is 42.1 Å². The molecule has 162 valence electrons. The molecule has 0 aliphatic carbocycles. The minimum absolute atomic E-state index is 0.0245. The fourth-order valence-corrected chi connectivity index (χ4v) is 3.93. The Kier molecular flexibility index (Phi) is 12.1. The van der Waals surface area contributed by atoms with Gasteiger partial charge in [0.25, 0.3) is 0 Å². The maximum atomic E-state index is 12.4. The number of hydrogen-bond acceptors (Lipinski definition) is 3. The number of carbonyl (C=O) groups excluding carboxylic acids is 1. The lowest BCUT2D eigenvalue weighted by atomic mass is 10.1. The summed E-state index contributed by atoms with van der Waals surface area (Å²) in [6.45, 7) is 5.17. The van der Waals surface area contributed by atoms with Crippen LogP contribution in [0.25, 0.3) is 6.08 Å². The van der Waals surface area contributed by atoms with E-state index in [-0.39, 0.29) is 5.78 Å². The quantitative estimate of drug-likeness (QED) is 0.125. The van der Waals surface area contributed by atoms with Crippen molar-refractivity contribution in [2.75, 3.05) is 12.4 Å². The Morgan fingerprint density at radius 3 is 2.37 bits per heavy atom. The van der Waals surface area contributed by atoms with Gasteiger partial charge >= 0.3 is 0 Å². The highest BCUT2D eigenvalue weighted by Gasteiger charge is 2.03. The van der Waals surface area contributed by atoms with Gasteiger partial charge in [-0.3, -0.25) is 4.79 Å². The summed E-state index contributed by atoms with van der Waals surface area (Å²) in [5.74, 6) is 1.99. The second-order valence-electron chi connectivity index (χ2n) is 7.61. The second-order valence-corrected chi connectivity index (χ2v) is 8.78. The lowest BCUT2D eigenvalue weighted by Gasteiger charge is -2.07. The van der Waals surface area contributed by atoms with Gasteiger partial charge < -0.3 is 4.74 Å². The molecule has 0 amide bonds. The topological polar surface area (TPSA) is 26.3 Å². The van der Waals surface area contributed by atoms with Crippen molar-refractivity contribution in [2.45, 2.75) is 70.1 Å². The number of rotatable bonds is 15. The summed E-state index contributed by atoms with van der Waals surface area (Å²) in [6, 6.07) is 15.8. The van der Waals surface area contributed by atoms with E-state index in [0.29, 0.717) is 0 Å². The van der Waals surface area contributed by atoms with Crippen molar-refractivity contribution in [3.05, 3.63) is 65.7 Å². The molecule has 30 heavy (non-hydrogen) atoms. The maximum absolute atomic E-state index is 12.4. The number of ketones is 1. The van der Waals surface area contributed by atoms with Gasteiger partial charge in [0.1, 0.15) is 5.75 Å². The first-order valence-electron chi connectivity index (χ1n) is 11.4. The van der Waals surface area contributed by atoms with Crippen LogP contribution in [0.5, 0.6) is 5.75 Å². The largest absolute Gasteiger partial charge is 0.494 e. The van der Waals surface area contributed by atoms with Crippen molar-refractivity contribution in [1.29, 1.82) is 0 Å². The van der Waals surface area contributed by atoms with E-state index in [9.17, 15) is 4.79 Å². The molecule has 0 aliphatic rings. The van der Waals surface area contributed by atoms with E-state index >= 15 is 0 Å². The molecule has 2 aromatic rings. The third-order valence-electron chi connectivity index (χ3n) is 4.91. The molecule has 0 radical (unpaired) electrons. The lowest BCUT2D eigenvalue weighted by Crippen LogP contribution is -1.97. The summed E-state index contributed by atoms with van der Waals surface area (Å²) in [7, 11) is 0. The fourth-order valence-electron chi connectivity index (χ4n) is 3.16. The first kappa shape index (κ1) is 24.3. The van der Waals surface area contributed by atoms with E-state index in [1.807, 2.05) is 66.4 Å². The van der Waals surface area contributed by atoms with E-state index in [1.165, 1.54) is 43.4 Å². The van der Waals surface area contributed by atoms with Gasteiger partial charge in [-0.2, -0.15) is 0 Å². The zero-order chi connectivity index (χ0) is 21.4. The number of unbranched alkanes of at least 4 members (excludes halogenated alkanes) is 6. The molecular formula is C27H36O2S. The Morgan fingerprint density at radius 1 is 0.900 bits per heavy atom. The van der Waals surface area contributed by atoms with Crippen molar-refractivity contribution < 1.29 is 9.53 Å². The van der Waals surface area contributed by atoms with Gasteiger partial charge in [-0.1, -0.05) is 70.6 Å². The van der Waals surface area contributed by atoms with Crippen LogP contribution in [0.4, 0.5) is 0 Å². The van der Waals surface area contributed by atoms with Gasteiger partial charge in [-0.25, -0.2) is 0 Å². The molecule has 0 aliphatic heterocycles. The van der Waals surface area contributed by atoms with Crippen molar-refractivity contribution in [3.8, 4) is 5.75 Å². The standard InChI is InChI=1S/C27H36O2S/c1-3-5-6-7-8-9-10-20-29-25-13-11-12-23(22-25)14-19-27(28)24-15-17-26(18-16-24)30-21-4-2/h11-19,22H,3-10,20-21H2,1-2H3. The summed E-state index contributed by atoms with van der Waals surface area (Å²) >= 11 is 1.82. The molecule has 0 fully saturated rings. The fraction of sp³-hybridized carbons (Fsp3) is 0.444. The molecule has 0 N–H and O–H groups in total. The first-order valence-corrected chi connectivity index (χ1v) is 12.4. The Labute approximate surface area is 187 Å². The third kappa shape index (κ3) is 9.67.